The fourth-order valence-electron chi connectivity index (χ4n) is 3.33. The average Bonchev–Trinajstić information content (AvgIpc) is 2.82. The van der Waals surface area contributed by atoms with Gasteiger partial charge in [-0.15, -0.1) is 0 Å². The molecule has 0 bridgehead atoms. The lowest BCUT2D eigenvalue weighted by molar-refractivity contribution is 0.101. The number of carbonyl (C=O) groups excluding carboxylic acids is 2. The lowest BCUT2D eigenvalue weighted by atomic mass is 10.2. The van der Waals surface area contributed by atoms with E-state index < -0.39 is 0 Å². The van der Waals surface area contributed by atoms with Gasteiger partial charge in [0.1, 0.15) is 5.82 Å². The summed E-state index contributed by atoms with van der Waals surface area (Å²) in [5.74, 6) is 0.185. The summed E-state index contributed by atoms with van der Waals surface area (Å²) < 4.78 is 0. The van der Waals surface area contributed by atoms with Crippen LogP contribution in [0.2, 0.25) is 10.0 Å². The van der Waals surface area contributed by atoms with Crippen LogP contribution in [0.15, 0.2) is 60.8 Å². The van der Waals surface area contributed by atoms with Crippen molar-refractivity contribution in [3.63, 3.8) is 0 Å². The molecule has 3 N–H and O–H groups in total. The van der Waals surface area contributed by atoms with Crippen molar-refractivity contribution in [3.8, 4) is 0 Å². The van der Waals surface area contributed by atoms with E-state index in [2.05, 4.69) is 25.8 Å². The second-order valence-corrected chi connectivity index (χ2v) is 8.10. The molecule has 0 atom stereocenters. The number of carbonyl (C=O) groups is 2. The summed E-state index contributed by atoms with van der Waals surface area (Å²) in [5.41, 5.74) is 1.70. The Labute approximate surface area is 195 Å². The van der Waals surface area contributed by atoms with Crippen molar-refractivity contribution < 1.29 is 9.59 Å². The van der Waals surface area contributed by atoms with Crippen molar-refractivity contribution in [3.05, 3.63) is 82.0 Å². The van der Waals surface area contributed by atoms with Crippen molar-refractivity contribution in [2.45, 2.75) is 0 Å². The molecule has 1 aliphatic rings. The van der Waals surface area contributed by atoms with Gasteiger partial charge in [-0.25, -0.2) is 4.98 Å². The predicted octanol–water partition coefficient (Wildman–Crippen LogP) is 4.30. The second-order valence-electron chi connectivity index (χ2n) is 7.26. The number of anilines is 3. The maximum Gasteiger partial charge on any atom is 0.257 e. The Morgan fingerprint density at radius 2 is 1.69 bits per heavy atom. The van der Waals surface area contributed by atoms with Crippen molar-refractivity contribution >= 4 is 52.2 Å². The van der Waals surface area contributed by atoms with Crippen LogP contribution < -0.4 is 20.9 Å². The smallest absolute Gasteiger partial charge is 0.257 e. The first-order valence-corrected chi connectivity index (χ1v) is 10.8. The average molecular weight is 470 g/mol. The van der Waals surface area contributed by atoms with Gasteiger partial charge in [-0.3, -0.25) is 9.59 Å². The normalized spacial score (nSPS) is 13.5. The largest absolute Gasteiger partial charge is 0.354 e. The van der Waals surface area contributed by atoms with Crippen LogP contribution in [0.25, 0.3) is 0 Å². The van der Waals surface area contributed by atoms with Crippen LogP contribution >= 0.6 is 23.2 Å². The summed E-state index contributed by atoms with van der Waals surface area (Å²) in [7, 11) is 0. The Kier molecular flexibility index (Phi) is 6.90. The van der Waals surface area contributed by atoms with E-state index in [-0.39, 0.29) is 11.8 Å². The molecule has 2 aromatic carbocycles. The number of nitrogens with one attached hydrogen (secondary N) is 3. The van der Waals surface area contributed by atoms with Crippen LogP contribution in [0.1, 0.15) is 20.7 Å². The van der Waals surface area contributed by atoms with E-state index >= 15 is 0 Å². The van der Waals surface area contributed by atoms with E-state index in [0.717, 1.165) is 32.0 Å². The van der Waals surface area contributed by atoms with E-state index in [4.69, 9.17) is 23.2 Å². The van der Waals surface area contributed by atoms with Gasteiger partial charge in [-0.1, -0.05) is 29.3 Å². The fourth-order valence-corrected chi connectivity index (χ4v) is 3.68. The number of nitrogens with zero attached hydrogens (tertiary/aromatic N) is 2. The minimum atomic E-state index is -0.356. The first-order chi connectivity index (χ1) is 15.5. The Hall–Kier alpha value is -3.13. The highest BCUT2D eigenvalue weighted by Gasteiger charge is 2.14. The van der Waals surface area contributed by atoms with E-state index in [1.54, 1.807) is 54.7 Å². The third-order valence-electron chi connectivity index (χ3n) is 5.01. The van der Waals surface area contributed by atoms with Crippen LogP contribution in [0.3, 0.4) is 0 Å². The molecule has 1 aromatic heterocycles. The molecule has 4 rings (SSSR count). The van der Waals surface area contributed by atoms with E-state index in [9.17, 15) is 9.59 Å². The molecule has 2 amide bonds. The lowest BCUT2D eigenvalue weighted by Gasteiger charge is -2.28. The summed E-state index contributed by atoms with van der Waals surface area (Å²) >= 11 is 12.2. The molecule has 0 saturated carbocycles. The number of hydrogen-bond acceptors (Lipinski definition) is 5. The molecule has 164 valence electrons. The molecule has 0 aliphatic carbocycles. The number of aromatic nitrogens is 1. The number of piperazine rings is 1. The van der Waals surface area contributed by atoms with Gasteiger partial charge in [-0.2, -0.15) is 0 Å². The van der Waals surface area contributed by atoms with Crippen LogP contribution in [0.4, 0.5) is 17.2 Å². The van der Waals surface area contributed by atoms with Gasteiger partial charge in [0.2, 0.25) is 0 Å². The van der Waals surface area contributed by atoms with Crippen LogP contribution in [-0.4, -0.2) is 43.0 Å². The number of halogens is 2. The zero-order valence-electron chi connectivity index (χ0n) is 17.1. The molecular formula is C23H21Cl2N5O2. The van der Waals surface area contributed by atoms with Gasteiger partial charge in [-0.05, 0) is 48.5 Å². The fraction of sp³-hybridized carbons (Fsp3) is 0.174. The maximum atomic E-state index is 12.7. The molecular weight excluding hydrogens is 449 g/mol. The Morgan fingerprint density at radius 1 is 0.906 bits per heavy atom. The molecule has 9 heteroatoms. The predicted molar refractivity (Wildman–Crippen MR) is 128 cm³/mol. The maximum absolute atomic E-state index is 12.7. The number of hydrogen-bond donors (Lipinski definition) is 3. The van der Waals surface area contributed by atoms with Gasteiger partial charge in [0.25, 0.3) is 11.8 Å². The van der Waals surface area contributed by atoms with Crippen molar-refractivity contribution in [1.82, 2.24) is 10.3 Å². The first kappa shape index (κ1) is 22.1. The van der Waals surface area contributed by atoms with Crippen molar-refractivity contribution in [2.24, 2.45) is 0 Å². The van der Waals surface area contributed by atoms with E-state index in [1.807, 2.05) is 6.07 Å². The Balaban J connectivity index is 1.44. The minimum absolute atomic E-state index is 0.307. The van der Waals surface area contributed by atoms with Crippen molar-refractivity contribution in [2.75, 3.05) is 41.7 Å². The summed E-state index contributed by atoms with van der Waals surface area (Å²) in [6, 6.07) is 15.1. The zero-order valence-corrected chi connectivity index (χ0v) is 18.6. The summed E-state index contributed by atoms with van der Waals surface area (Å²) in [6.45, 7) is 3.59. The van der Waals surface area contributed by atoms with E-state index in [0.29, 0.717) is 32.5 Å². The lowest BCUT2D eigenvalue weighted by Crippen LogP contribution is -2.43. The molecule has 0 radical (unpaired) electrons. The SMILES string of the molecule is O=C(Nc1ccc(Cl)c(NC(=O)c2cccc(Cl)c2)c1)c1ccc(N2CCNCC2)nc1. The standard InChI is InChI=1S/C23H21Cl2N5O2/c24-17-3-1-2-15(12-17)22(31)29-20-13-18(5-6-19(20)25)28-23(32)16-4-7-21(27-14-16)30-10-8-26-9-11-30/h1-7,12-14,26H,8-11H2,(H,28,32)(H,29,31). The number of benzene rings is 2. The van der Waals surface area contributed by atoms with Gasteiger partial charge in [0.15, 0.2) is 0 Å². The minimum Gasteiger partial charge on any atom is -0.354 e. The summed E-state index contributed by atoms with van der Waals surface area (Å²) in [5, 5.41) is 9.67. The van der Waals surface area contributed by atoms with Crippen LogP contribution in [0.5, 0.6) is 0 Å². The highest BCUT2D eigenvalue weighted by atomic mass is 35.5. The molecule has 3 aromatic rings. The highest BCUT2D eigenvalue weighted by molar-refractivity contribution is 6.34. The molecule has 0 unspecified atom stereocenters. The van der Waals surface area contributed by atoms with Gasteiger partial charge in [0.05, 0.1) is 16.3 Å². The van der Waals surface area contributed by atoms with Crippen LogP contribution in [-0.2, 0) is 0 Å². The zero-order chi connectivity index (χ0) is 22.5. The van der Waals surface area contributed by atoms with Crippen molar-refractivity contribution in [1.29, 1.82) is 0 Å². The van der Waals surface area contributed by atoms with Gasteiger partial charge in [0, 0.05) is 48.6 Å². The second kappa shape index (κ2) is 9.99. The Morgan fingerprint density at radius 3 is 2.41 bits per heavy atom. The molecule has 32 heavy (non-hydrogen) atoms. The molecule has 2 heterocycles. The quantitative estimate of drug-likeness (QED) is 0.518. The number of pyridine rings is 1. The van der Waals surface area contributed by atoms with Gasteiger partial charge >= 0.3 is 0 Å². The molecule has 1 aliphatic heterocycles. The van der Waals surface area contributed by atoms with E-state index in [1.165, 1.54) is 0 Å². The molecule has 1 fully saturated rings. The summed E-state index contributed by atoms with van der Waals surface area (Å²) in [4.78, 5) is 31.8. The topological polar surface area (TPSA) is 86.4 Å². The Bertz CT molecular complexity index is 1130. The third kappa shape index (κ3) is 5.37. The van der Waals surface area contributed by atoms with Gasteiger partial charge < -0.3 is 20.9 Å². The number of amides is 2. The first-order valence-electron chi connectivity index (χ1n) is 10.1. The summed E-state index contributed by atoms with van der Waals surface area (Å²) in [6.07, 6.45) is 1.56. The number of rotatable bonds is 5. The third-order valence-corrected chi connectivity index (χ3v) is 5.57. The molecule has 0 spiro atoms. The van der Waals surface area contributed by atoms with Crippen LogP contribution in [0, 0.1) is 0 Å². The monoisotopic (exact) mass is 469 g/mol. The molecule has 7 nitrogen and oxygen atoms in total. The molecule has 1 saturated heterocycles. The highest BCUT2D eigenvalue weighted by Crippen LogP contribution is 2.27.